The monoisotopic (exact) mass is 812 g/mol. The number of aryl methyl sites for hydroxylation is 1. The molecule has 0 aliphatic carbocycles. The molecule has 0 bridgehead atoms. The maximum atomic E-state index is 13.5. The number of fused-ring (bicyclic) bond motifs is 3. The predicted molar refractivity (Wildman–Crippen MR) is 230 cm³/mol. The summed E-state index contributed by atoms with van der Waals surface area (Å²) in [7, 11) is 5.61. The molecule has 2 saturated heterocycles. The van der Waals surface area contributed by atoms with Crippen LogP contribution in [-0.2, 0) is 4.79 Å². The average molecular weight is 813 g/mol. The van der Waals surface area contributed by atoms with Crippen molar-refractivity contribution in [3.63, 3.8) is 0 Å². The predicted octanol–water partition coefficient (Wildman–Crippen LogP) is 3.45. The van der Waals surface area contributed by atoms with Gasteiger partial charge in [-0.3, -0.25) is 19.1 Å². The molecule has 7 heterocycles. The number of benzene rings is 1. The molecular weight excluding hydrogens is 761 g/mol. The van der Waals surface area contributed by atoms with Crippen molar-refractivity contribution in [1.29, 1.82) is 0 Å². The number of likely N-dealkylation sites (N-methyl/N-ethyl adjacent to an activating group) is 2. The van der Waals surface area contributed by atoms with E-state index in [1.165, 1.54) is 7.05 Å². The van der Waals surface area contributed by atoms with Crippen molar-refractivity contribution >= 4 is 40.5 Å². The van der Waals surface area contributed by atoms with Crippen LogP contribution in [0.15, 0.2) is 78.0 Å². The number of nitrogens with two attached hydrogens (primary N) is 2. The van der Waals surface area contributed by atoms with Gasteiger partial charge in [-0.15, -0.1) is 0 Å². The number of rotatable bonds is 10. The Kier molecular flexibility index (Phi) is 11.0. The van der Waals surface area contributed by atoms with Crippen molar-refractivity contribution < 1.29 is 14.4 Å². The first-order valence-electron chi connectivity index (χ1n) is 20.4. The van der Waals surface area contributed by atoms with E-state index in [1.807, 2.05) is 49.1 Å². The molecule has 4 aliphatic heterocycles. The minimum atomic E-state index is -0.474. The summed E-state index contributed by atoms with van der Waals surface area (Å²) in [5, 5.41) is 14.1. The quantitative estimate of drug-likeness (QED) is 0.115. The SMILES string of the molecule is CNC(=O)/C(N)=C(/C=C(\N)Nc1cc(C)nc(C2=CCN(C)CC2)n1)Nc1cccc2c1N(C)C(C)c1c-2cnn1C1CN(C(=O)c2cccc(C(=O)N3CCCC3)n2)C1. The topological polar surface area (TPSA) is 209 Å². The van der Waals surface area contributed by atoms with Crippen molar-refractivity contribution in [1.82, 2.24) is 44.7 Å². The number of carbonyl (C=O) groups is 3. The third-order valence-corrected chi connectivity index (χ3v) is 11.7. The lowest BCUT2D eigenvalue weighted by Gasteiger charge is -2.42. The number of carbonyl (C=O) groups excluding carboxylic acids is 3. The van der Waals surface area contributed by atoms with E-state index in [2.05, 4.69) is 55.8 Å². The molecule has 2 fully saturated rings. The number of amides is 3. The second kappa shape index (κ2) is 16.5. The van der Waals surface area contributed by atoms with Crippen LogP contribution in [0.1, 0.15) is 76.5 Å². The van der Waals surface area contributed by atoms with Gasteiger partial charge in [-0.1, -0.05) is 24.3 Å². The Hall–Kier alpha value is -6.75. The van der Waals surface area contributed by atoms with E-state index >= 15 is 0 Å². The van der Waals surface area contributed by atoms with Crippen molar-refractivity contribution in [3.05, 3.63) is 107 Å². The van der Waals surface area contributed by atoms with Crippen molar-refractivity contribution in [2.24, 2.45) is 11.5 Å². The van der Waals surface area contributed by atoms with Crippen LogP contribution in [0, 0.1) is 6.92 Å². The summed E-state index contributed by atoms with van der Waals surface area (Å²) in [6.45, 7) is 8.14. The molecule has 1 aromatic carbocycles. The molecule has 0 saturated carbocycles. The van der Waals surface area contributed by atoms with Crippen LogP contribution < -0.4 is 32.3 Å². The van der Waals surface area contributed by atoms with Crippen molar-refractivity contribution in [2.45, 2.75) is 45.2 Å². The zero-order valence-corrected chi connectivity index (χ0v) is 34.7. The fourth-order valence-corrected chi connectivity index (χ4v) is 8.27. The van der Waals surface area contributed by atoms with Gasteiger partial charge in [-0.2, -0.15) is 5.10 Å². The van der Waals surface area contributed by atoms with E-state index < -0.39 is 5.91 Å². The highest BCUT2D eigenvalue weighted by atomic mass is 16.2. The van der Waals surface area contributed by atoms with Gasteiger partial charge in [0.25, 0.3) is 17.7 Å². The highest BCUT2D eigenvalue weighted by Crippen LogP contribution is 2.48. The highest BCUT2D eigenvalue weighted by molar-refractivity contribution is 5.97. The Labute approximate surface area is 349 Å². The Bertz CT molecular complexity index is 2440. The number of likely N-dealkylation sites (tertiary alicyclic amines) is 2. The standard InChI is InChI=1S/C43H52N14O3/c1-25-20-36(52-40(48-25)27-14-18-53(4)19-15-27)51-35(44)21-34(37(45)41(58)46-3)49-31-11-8-10-29-30-22-47-57(38(30)26(2)54(5)39(29)31)28-23-56(24-28)43(60)33-13-9-12-32(50-33)42(59)55-16-6-7-17-55/h8-14,20-22,26,28,49H,6-7,15-19,23-24,44-45H2,1-5H3,(H,46,58)(H,48,51,52)/b35-21+,37-34+. The van der Waals surface area contributed by atoms with Gasteiger partial charge >= 0.3 is 0 Å². The lowest BCUT2D eigenvalue weighted by Crippen LogP contribution is -2.52. The molecule has 17 nitrogen and oxygen atoms in total. The third kappa shape index (κ3) is 7.75. The van der Waals surface area contributed by atoms with E-state index in [4.69, 9.17) is 21.5 Å². The van der Waals surface area contributed by atoms with Gasteiger partial charge in [0.2, 0.25) is 0 Å². The molecule has 8 rings (SSSR count). The van der Waals surface area contributed by atoms with Crippen LogP contribution in [0.3, 0.4) is 0 Å². The van der Waals surface area contributed by atoms with Crippen LogP contribution in [0.25, 0.3) is 16.7 Å². The van der Waals surface area contributed by atoms with E-state index in [0.717, 1.165) is 79.2 Å². The summed E-state index contributed by atoms with van der Waals surface area (Å²) in [4.78, 5) is 61.3. The molecular formula is C43H52N14O3. The number of hydrogen-bond donors (Lipinski definition) is 5. The number of pyridine rings is 1. The van der Waals surface area contributed by atoms with Gasteiger partial charge in [0.05, 0.1) is 41.0 Å². The normalized spacial score (nSPS) is 18.6. The summed E-state index contributed by atoms with van der Waals surface area (Å²) in [5.41, 5.74) is 20.3. The maximum Gasteiger partial charge on any atom is 0.272 e. The Balaban J connectivity index is 1.02. The van der Waals surface area contributed by atoms with Gasteiger partial charge in [0.15, 0.2) is 5.82 Å². The van der Waals surface area contributed by atoms with Crippen LogP contribution >= 0.6 is 0 Å². The second-order valence-corrected chi connectivity index (χ2v) is 15.9. The molecule has 60 heavy (non-hydrogen) atoms. The molecule has 3 amide bonds. The molecule has 0 radical (unpaired) electrons. The number of nitrogens with one attached hydrogen (secondary N) is 3. The first-order valence-corrected chi connectivity index (χ1v) is 20.4. The zero-order valence-electron chi connectivity index (χ0n) is 34.7. The number of allylic oxidation sites excluding steroid dienone is 1. The summed E-state index contributed by atoms with van der Waals surface area (Å²) < 4.78 is 2.03. The molecule has 17 heteroatoms. The van der Waals surface area contributed by atoms with Crippen LogP contribution in [0.2, 0.25) is 0 Å². The first-order chi connectivity index (χ1) is 28.9. The molecule has 0 spiro atoms. The van der Waals surface area contributed by atoms with Crippen molar-refractivity contribution in [2.75, 3.05) is 75.9 Å². The molecule has 312 valence electrons. The van der Waals surface area contributed by atoms with E-state index in [9.17, 15) is 14.4 Å². The maximum absolute atomic E-state index is 13.5. The molecule has 1 atom stereocenters. The molecule has 7 N–H and O–H groups in total. The second-order valence-electron chi connectivity index (χ2n) is 15.9. The minimum Gasteiger partial charge on any atom is -0.393 e. The molecule has 4 aromatic rings. The number of nitrogens with zero attached hydrogens (tertiary/aromatic N) is 9. The minimum absolute atomic E-state index is 0.0378. The van der Waals surface area contributed by atoms with E-state index in [0.29, 0.717) is 41.8 Å². The number of aromatic nitrogens is 5. The summed E-state index contributed by atoms with van der Waals surface area (Å²) >= 11 is 0. The van der Waals surface area contributed by atoms with Gasteiger partial charge in [-0.25, -0.2) is 15.0 Å². The zero-order chi connectivity index (χ0) is 42.2. The van der Waals surface area contributed by atoms with Gasteiger partial charge in [-0.05, 0) is 63.9 Å². The lowest BCUT2D eigenvalue weighted by atomic mass is 9.93. The first kappa shape index (κ1) is 40.0. The number of hydrogen-bond acceptors (Lipinski definition) is 13. The van der Waals surface area contributed by atoms with Crippen molar-refractivity contribution in [3.8, 4) is 11.1 Å². The van der Waals surface area contributed by atoms with Crippen LogP contribution in [-0.4, -0.2) is 118 Å². The Morgan fingerprint density at radius 3 is 2.30 bits per heavy atom. The number of anilines is 3. The number of para-hydroxylation sites is 1. The third-order valence-electron chi connectivity index (χ3n) is 11.7. The Morgan fingerprint density at radius 1 is 0.883 bits per heavy atom. The fraction of sp³-hybridized carbons (Fsp3) is 0.372. The van der Waals surface area contributed by atoms with Gasteiger partial charge in [0, 0.05) is 82.3 Å². The summed E-state index contributed by atoms with van der Waals surface area (Å²) in [6.07, 6.45) is 8.42. The average Bonchev–Trinajstić information content (AvgIpc) is 3.93. The fourth-order valence-electron chi connectivity index (χ4n) is 8.27. The highest BCUT2D eigenvalue weighted by Gasteiger charge is 2.39. The van der Waals surface area contributed by atoms with Crippen LogP contribution in [0.4, 0.5) is 17.2 Å². The summed E-state index contributed by atoms with van der Waals surface area (Å²) in [6, 6.07) is 12.6. The smallest absolute Gasteiger partial charge is 0.272 e. The van der Waals surface area contributed by atoms with Crippen LogP contribution in [0.5, 0.6) is 0 Å². The summed E-state index contributed by atoms with van der Waals surface area (Å²) in [5.74, 6) is 0.578. The molecule has 3 aromatic heterocycles. The Morgan fingerprint density at radius 2 is 1.60 bits per heavy atom. The van der Waals surface area contributed by atoms with Gasteiger partial charge < -0.3 is 47.0 Å². The largest absolute Gasteiger partial charge is 0.393 e. The lowest BCUT2D eigenvalue weighted by molar-refractivity contribution is -0.117. The van der Waals surface area contributed by atoms with E-state index in [1.54, 1.807) is 34.1 Å². The van der Waals surface area contributed by atoms with Gasteiger partial charge in [0.1, 0.15) is 28.7 Å². The molecule has 4 aliphatic rings. The van der Waals surface area contributed by atoms with E-state index in [-0.39, 0.29) is 41.1 Å². The molecule has 1 unspecified atom stereocenters.